The summed E-state index contributed by atoms with van der Waals surface area (Å²) in [5.41, 5.74) is 4.71. The lowest BCUT2D eigenvalue weighted by Gasteiger charge is -2.28. The van der Waals surface area contributed by atoms with Crippen LogP contribution in [0.3, 0.4) is 0 Å². The maximum Gasteiger partial charge on any atom is 0.229 e. The Balaban J connectivity index is 1.76. The van der Waals surface area contributed by atoms with Gasteiger partial charge in [0.2, 0.25) is 5.54 Å². The van der Waals surface area contributed by atoms with Crippen LogP contribution in [0.4, 0.5) is 0 Å². The van der Waals surface area contributed by atoms with E-state index in [0.29, 0.717) is 0 Å². The smallest absolute Gasteiger partial charge is 0.156 e. The van der Waals surface area contributed by atoms with E-state index in [-0.39, 0.29) is 0 Å². The Morgan fingerprint density at radius 1 is 0.769 bits per heavy atom. The van der Waals surface area contributed by atoms with Crippen LogP contribution in [0.5, 0.6) is 0 Å². The molecule has 2 heteroatoms. The highest BCUT2D eigenvalue weighted by atomic mass is 79.9. The minimum atomic E-state index is 0.754. The molecule has 0 aromatic carbocycles. The average Bonchev–Trinajstić information content (AvgIpc) is 3.42. The minimum absolute atomic E-state index is 0.754. The second-order valence-corrected chi connectivity index (χ2v) is 10.8. The molecule has 0 amide bonds. The summed E-state index contributed by atoms with van der Waals surface area (Å²) >= 11 is 4.18. The van der Waals surface area contributed by atoms with Crippen LogP contribution in [-0.2, 0) is 0 Å². The quantitative estimate of drug-likeness (QED) is 0.188. The molecule has 0 aromatic heterocycles. The van der Waals surface area contributed by atoms with Gasteiger partial charge in [-0.1, -0.05) is 94.5 Å². The van der Waals surface area contributed by atoms with E-state index >= 15 is 0 Å². The van der Waals surface area contributed by atoms with Gasteiger partial charge in [-0.25, -0.2) is 0 Å². The lowest BCUT2D eigenvalue weighted by Crippen LogP contribution is -2.17. The summed E-state index contributed by atoms with van der Waals surface area (Å²) in [6.45, 7) is 2.34. The van der Waals surface area contributed by atoms with Crippen molar-refractivity contribution in [2.45, 2.75) is 128 Å². The third kappa shape index (κ3) is 5.89. The van der Waals surface area contributed by atoms with Crippen molar-refractivity contribution < 1.29 is 0 Å². The van der Waals surface area contributed by atoms with Gasteiger partial charge >= 0.3 is 0 Å². The third-order valence-electron chi connectivity index (χ3n) is 7.68. The first kappa shape index (κ1) is 21.0. The Bertz CT molecular complexity index is 407. The first-order valence-electron chi connectivity index (χ1n) is 12.2. The maximum atomic E-state index is 4.18. The van der Waals surface area contributed by atoms with Crippen LogP contribution < -0.4 is 0 Å². The lowest BCUT2D eigenvalue weighted by atomic mass is 9.57. The van der Waals surface area contributed by atoms with E-state index in [4.69, 9.17) is 0 Å². The van der Waals surface area contributed by atoms with Crippen LogP contribution >= 0.6 is 15.8 Å². The molecule has 0 N–H and O–H groups in total. The van der Waals surface area contributed by atoms with Crippen LogP contribution in [0.15, 0.2) is 11.1 Å². The summed E-state index contributed by atoms with van der Waals surface area (Å²) in [4.78, 5) is 0. The van der Waals surface area contributed by atoms with Gasteiger partial charge in [-0.15, -0.1) is 0 Å². The van der Waals surface area contributed by atoms with Gasteiger partial charge in [0, 0.05) is 0 Å². The van der Waals surface area contributed by atoms with Crippen molar-refractivity contribution in [3.05, 3.63) is 11.1 Å². The fourth-order valence-corrected chi connectivity index (χ4v) is 7.15. The molecule has 3 aliphatic rings. The van der Waals surface area contributed by atoms with Crippen LogP contribution in [0, 0.1) is 11.8 Å². The zero-order chi connectivity index (χ0) is 18.2. The molecule has 0 spiro atoms. The molecule has 0 heterocycles. The van der Waals surface area contributed by atoms with Gasteiger partial charge in [0.15, 0.2) is 0 Å². The molecule has 0 unspecified atom stereocenters. The Labute approximate surface area is 172 Å². The van der Waals surface area contributed by atoms with Gasteiger partial charge in [0.25, 0.3) is 0 Å². The van der Waals surface area contributed by atoms with Crippen LogP contribution in [-0.4, -0.2) is 5.54 Å². The van der Waals surface area contributed by atoms with Crippen LogP contribution in [0.1, 0.15) is 116 Å². The Morgan fingerprint density at radius 2 is 1.31 bits per heavy atom. The number of unbranched alkanes of at least 4 members (excludes halogenated alkanes) is 3. The van der Waals surface area contributed by atoms with Gasteiger partial charge in [-0.3, -0.25) is 0 Å². The van der Waals surface area contributed by atoms with E-state index in [9.17, 15) is 0 Å². The monoisotopic (exact) mass is 420 g/mol. The summed E-state index contributed by atoms with van der Waals surface area (Å²) in [6.07, 6.45) is 26.3. The zero-order valence-corrected chi connectivity index (χ0v) is 19.0. The molecular formula is C24H42BBr. The standard InChI is InChI=1S/C24H42BBr/c1-2-3-4-5-16-22(19-25(26)23-17-10-11-18-23)24(20-12-6-7-13-20)21-14-8-9-15-21/h20-21,23H,2-19H2,1H3. The normalized spacial score (nSPS) is 22.4. The number of allylic oxidation sites excluding steroid dienone is 2. The topological polar surface area (TPSA) is 0 Å². The second-order valence-electron chi connectivity index (χ2n) is 9.60. The second kappa shape index (κ2) is 11.3. The summed E-state index contributed by atoms with van der Waals surface area (Å²) in [6, 6.07) is 0. The van der Waals surface area contributed by atoms with Gasteiger partial charge < -0.3 is 0 Å². The fourth-order valence-electron chi connectivity index (χ4n) is 6.23. The lowest BCUT2D eigenvalue weighted by molar-refractivity contribution is 0.500. The fraction of sp³-hybridized carbons (Fsp3) is 0.917. The predicted octanol–water partition coefficient (Wildman–Crippen LogP) is 8.96. The highest BCUT2D eigenvalue weighted by molar-refractivity contribution is 9.24. The van der Waals surface area contributed by atoms with Crippen molar-refractivity contribution in [3.8, 4) is 0 Å². The van der Waals surface area contributed by atoms with Crippen LogP contribution in [0.25, 0.3) is 0 Å². The molecule has 0 bridgehead atoms. The summed E-state index contributed by atoms with van der Waals surface area (Å²) in [7, 11) is 0. The molecule has 0 nitrogen and oxygen atoms in total. The first-order chi connectivity index (χ1) is 12.8. The average molecular weight is 421 g/mol. The van der Waals surface area contributed by atoms with Gasteiger partial charge in [-0.2, -0.15) is 15.8 Å². The van der Waals surface area contributed by atoms with Gasteiger partial charge in [0.05, 0.1) is 0 Å². The number of halogens is 1. The molecule has 3 rings (SSSR count). The van der Waals surface area contributed by atoms with Crippen molar-refractivity contribution in [1.29, 1.82) is 0 Å². The molecule has 26 heavy (non-hydrogen) atoms. The highest BCUT2D eigenvalue weighted by Crippen LogP contribution is 2.46. The number of rotatable bonds is 10. The maximum absolute atomic E-state index is 4.18. The van der Waals surface area contributed by atoms with Crippen molar-refractivity contribution >= 4 is 21.3 Å². The molecule has 0 atom stereocenters. The van der Waals surface area contributed by atoms with E-state index in [2.05, 4.69) is 22.7 Å². The predicted molar refractivity (Wildman–Crippen MR) is 121 cm³/mol. The number of hydrogen-bond acceptors (Lipinski definition) is 0. The summed E-state index contributed by atoms with van der Waals surface area (Å²) in [5, 5.41) is 0. The first-order valence-corrected chi connectivity index (χ1v) is 13.1. The molecule has 3 fully saturated rings. The SMILES string of the molecule is CCCCCCC(CB(Br)C1CCCC1)=C(C1CCCC1)C1CCCC1. The van der Waals surface area contributed by atoms with E-state index in [1.54, 1.807) is 0 Å². The molecular weight excluding hydrogens is 379 g/mol. The number of hydrogen-bond donors (Lipinski definition) is 0. The van der Waals surface area contributed by atoms with E-state index < -0.39 is 0 Å². The van der Waals surface area contributed by atoms with Crippen molar-refractivity contribution in [3.63, 3.8) is 0 Å². The van der Waals surface area contributed by atoms with Crippen molar-refractivity contribution in [2.24, 2.45) is 11.8 Å². The molecule has 0 saturated heterocycles. The molecule has 0 radical (unpaired) electrons. The zero-order valence-electron chi connectivity index (χ0n) is 17.4. The van der Waals surface area contributed by atoms with E-state index in [0.717, 1.165) is 23.2 Å². The van der Waals surface area contributed by atoms with Crippen molar-refractivity contribution in [1.82, 2.24) is 0 Å². The molecule has 3 saturated carbocycles. The molecule has 148 valence electrons. The molecule has 3 aliphatic carbocycles. The minimum Gasteiger partial charge on any atom is -0.156 e. The molecule has 0 aliphatic heterocycles. The summed E-state index contributed by atoms with van der Waals surface area (Å²) < 4.78 is 0. The Hall–Kier alpha value is 0.285. The Kier molecular flexibility index (Phi) is 9.15. The Morgan fingerprint density at radius 3 is 1.85 bits per heavy atom. The van der Waals surface area contributed by atoms with Crippen molar-refractivity contribution in [2.75, 3.05) is 0 Å². The summed E-state index contributed by atoms with van der Waals surface area (Å²) in [5.74, 6) is 2.87. The van der Waals surface area contributed by atoms with E-state index in [1.165, 1.54) is 115 Å². The molecule has 0 aromatic rings. The third-order valence-corrected chi connectivity index (χ3v) is 8.75. The van der Waals surface area contributed by atoms with E-state index in [1.807, 2.05) is 11.1 Å². The van der Waals surface area contributed by atoms with Gasteiger partial charge in [0.1, 0.15) is 0 Å². The van der Waals surface area contributed by atoms with Gasteiger partial charge in [-0.05, 0) is 56.7 Å². The highest BCUT2D eigenvalue weighted by Gasteiger charge is 2.33. The van der Waals surface area contributed by atoms with Crippen LogP contribution in [0.2, 0.25) is 12.1 Å². The largest absolute Gasteiger partial charge is 0.229 e.